The van der Waals surface area contributed by atoms with Gasteiger partial charge in [-0.15, -0.1) is 5.10 Å². The maximum atomic E-state index is 12.1. The molecule has 9 heteroatoms. The maximum absolute atomic E-state index is 12.1. The van der Waals surface area contributed by atoms with Crippen LogP contribution in [0.2, 0.25) is 0 Å². The molecule has 25 heavy (non-hydrogen) atoms. The van der Waals surface area contributed by atoms with Crippen LogP contribution in [0.4, 0.5) is 5.69 Å². The summed E-state index contributed by atoms with van der Waals surface area (Å²) in [6.07, 6.45) is 1.61. The van der Waals surface area contributed by atoms with Gasteiger partial charge in [0.2, 0.25) is 0 Å². The molecule has 0 unspecified atom stereocenters. The van der Waals surface area contributed by atoms with Crippen LogP contribution in [-0.2, 0) is 0 Å². The minimum Gasteiger partial charge on any atom is -0.327 e. The van der Waals surface area contributed by atoms with E-state index in [1.807, 2.05) is 0 Å². The van der Waals surface area contributed by atoms with Crippen LogP contribution in [0.5, 0.6) is 0 Å². The maximum Gasteiger partial charge on any atom is 0.280 e. The Balaban J connectivity index is 0.000000188. The smallest absolute Gasteiger partial charge is 0.280 e. The number of hydrogen-bond donors (Lipinski definition) is 1. The number of carbonyl (C=O) groups is 1. The Kier molecular flexibility index (Phi) is 4.86. The first-order valence-electron chi connectivity index (χ1n) is 7.11. The van der Waals surface area contributed by atoms with Gasteiger partial charge in [-0.05, 0) is 6.07 Å². The number of rotatable bonds is 3. The van der Waals surface area contributed by atoms with E-state index < -0.39 is 4.92 Å². The molecule has 4 aromatic rings. The molecule has 0 atom stereocenters. The second-order valence-corrected chi connectivity index (χ2v) is 5.53. The van der Waals surface area contributed by atoms with Crippen molar-refractivity contribution in [3.05, 3.63) is 82.2 Å². The highest BCUT2D eigenvalue weighted by Crippen LogP contribution is 2.20. The van der Waals surface area contributed by atoms with Crippen LogP contribution in [0.15, 0.2) is 60.9 Å². The Morgan fingerprint density at radius 3 is 2.52 bits per heavy atom. The lowest BCUT2D eigenvalue weighted by molar-refractivity contribution is -0.385. The van der Waals surface area contributed by atoms with Gasteiger partial charge in [0, 0.05) is 23.2 Å². The number of nitrogens with zero attached hydrogens (tertiary/aromatic N) is 4. The number of benzene rings is 2. The number of nitro groups is 1. The van der Waals surface area contributed by atoms with Crippen LogP contribution in [-0.4, -0.2) is 30.3 Å². The summed E-state index contributed by atoms with van der Waals surface area (Å²) in [5.74, 6) is -0.335. The van der Waals surface area contributed by atoms with Gasteiger partial charge in [0.15, 0.2) is 16.3 Å². The van der Waals surface area contributed by atoms with Crippen LogP contribution in [0.25, 0.3) is 10.5 Å². The molecule has 2 heterocycles. The van der Waals surface area contributed by atoms with E-state index in [1.54, 1.807) is 48.8 Å². The number of carbonyl (C=O) groups excluding carboxylic acids is 1. The third kappa shape index (κ3) is 3.72. The van der Waals surface area contributed by atoms with E-state index in [-0.39, 0.29) is 17.0 Å². The van der Waals surface area contributed by atoms with Gasteiger partial charge in [-0.1, -0.05) is 47.0 Å². The Labute approximate surface area is 145 Å². The highest BCUT2D eigenvalue weighted by molar-refractivity contribution is 7.12. The van der Waals surface area contributed by atoms with Crippen LogP contribution >= 0.6 is 11.5 Å². The topological polar surface area (TPSA) is 115 Å². The van der Waals surface area contributed by atoms with E-state index in [9.17, 15) is 14.9 Å². The zero-order chi connectivity index (χ0) is 17.6. The molecule has 2 aromatic heterocycles. The summed E-state index contributed by atoms with van der Waals surface area (Å²) in [7, 11) is 0. The van der Waals surface area contributed by atoms with Crippen molar-refractivity contribution < 1.29 is 9.72 Å². The molecule has 0 amide bonds. The summed E-state index contributed by atoms with van der Waals surface area (Å²) in [4.78, 5) is 29.9. The molecule has 0 aliphatic heterocycles. The van der Waals surface area contributed by atoms with Gasteiger partial charge in [0.25, 0.3) is 5.69 Å². The molecular weight excluding hydrogens is 342 g/mol. The Morgan fingerprint density at radius 1 is 1.08 bits per heavy atom. The van der Waals surface area contributed by atoms with Crippen LogP contribution in [0, 0.1) is 10.1 Å². The van der Waals surface area contributed by atoms with Crippen molar-refractivity contribution in [2.24, 2.45) is 0 Å². The normalized spacial score (nSPS) is 10.1. The summed E-state index contributed by atoms with van der Waals surface area (Å²) >= 11 is 1.29. The largest absolute Gasteiger partial charge is 0.327 e. The number of imidazole rings is 1. The zero-order valence-corrected chi connectivity index (χ0v) is 13.5. The number of aromatic amines is 1. The van der Waals surface area contributed by atoms with E-state index >= 15 is 0 Å². The highest BCUT2D eigenvalue weighted by Gasteiger charge is 2.19. The van der Waals surface area contributed by atoms with Crippen molar-refractivity contribution in [1.29, 1.82) is 0 Å². The summed E-state index contributed by atoms with van der Waals surface area (Å²) < 4.78 is 3.66. The SMILES string of the molecule is O=C(c1ccccc1)c1ccccc1[N+](=O)[O-].c1nc2snnc2[nH]1. The lowest BCUT2D eigenvalue weighted by Gasteiger charge is -2.01. The molecule has 0 saturated heterocycles. The van der Waals surface area contributed by atoms with E-state index in [0.29, 0.717) is 5.56 Å². The van der Waals surface area contributed by atoms with E-state index in [2.05, 4.69) is 19.6 Å². The molecule has 0 radical (unpaired) electrons. The summed E-state index contributed by atoms with van der Waals surface area (Å²) in [6, 6.07) is 14.5. The Hall–Kier alpha value is -3.46. The van der Waals surface area contributed by atoms with Crippen molar-refractivity contribution >= 4 is 33.5 Å². The van der Waals surface area contributed by atoms with Crippen molar-refractivity contribution in [3.8, 4) is 0 Å². The predicted octanol–water partition coefficient (Wildman–Crippen LogP) is 3.24. The number of nitrogens with one attached hydrogen (secondary N) is 1. The first-order chi connectivity index (χ1) is 12.2. The number of aromatic nitrogens is 4. The second-order valence-electron chi connectivity index (χ2n) is 4.80. The van der Waals surface area contributed by atoms with Gasteiger partial charge in [0.05, 0.1) is 11.3 Å². The molecule has 0 bridgehead atoms. The fourth-order valence-electron chi connectivity index (χ4n) is 2.08. The summed E-state index contributed by atoms with van der Waals surface area (Å²) in [6.45, 7) is 0. The zero-order valence-electron chi connectivity index (χ0n) is 12.7. The van der Waals surface area contributed by atoms with Gasteiger partial charge >= 0.3 is 0 Å². The Morgan fingerprint density at radius 2 is 1.80 bits per heavy atom. The third-order valence-corrected chi connectivity index (χ3v) is 3.87. The third-order valence-electron chi connectivity index (χ3n) is 3.24. The molecule has 2 aromatic carbocycles. The van der Waals surface area contributed by atoms with Crippen LogP contribution in [0.1, 0.15) is 15.9 Å². The molecule has 1 N–H and O–H groups in total. The number of nitro benzene ring substituents is 1. The summed E-state index contributed by atoms with van der Waals surface area (Å²) in [5.41, 5.74) is 1.17. The molecule has 8 nitrogen and oxygen atoms in total. The Bertz CT molecular complexity index is 961. The van der Waals surface area contributed by atoms with Gasteiger partial charge < -0.3 is 4.98 Å². The van der Waals surface area contributed by atoms with Crippen LogP contribution < -0.4 is 0 Å². The summed E-state index contributed by atoms with van der Waals surface area (Å²) in [5, 5.41) is 14.5. The number of ketones is 1. The number of H-pyrrole nitrogens is 1. The van der Waals surface area contributed by atoms with Crippen LogP contribution in [0.3, 0.4) is 0 Å². The predicted molar refractivity (Wildman–Crippen MR) is 92.5 cm³/mol. The average Bonchev–Trinajstić information content (AvgIpc) is 3.27. The first kappa shape index (κ1) is 16.4. The average molecular weight is 353 g/mol. The van der Waals surface area contributed by atoms with Crippen molar-refractivity contribution in [1.82, 2.24) is 19.6 Å². The molecule has 0 fully saturated rings. The van der Waals surface area contributed by atoms with E-state index in [1.165, 1.54) is 23.7 Å². The van der Waals surface area contributed by atoms with E-state index in [4.69, 9.17) is 0 Å². The lowest BCUT2D eigenvalue weighted by Crippen LogP contribution is -2.04. The molecule has 4 rings (SSSR count). The van der Waals surface area contributed by atoms with Crippen molar-refractivity contribution in [2.75, 3.05) is 0 Å². The highest BCUT2D eigenvalue weighted by atomic mass is 32.1. The van der Waals surface area contributed by atoms with Gasteiger partial charge in [-0.2, -0.15) is 0 Å². The van der Waals surface area contributed by atoms with E-state index in [0.717, 1.165) is 10.5 Å². The minimum absolute atomic E-state index is 0.115. The fraction of sp³-hybridized carbons (Fsp3) is 0. The molecule has 0 aliphatic rings. The van der Waals surface area contributed by atoms with Crippen molar-refractivity contribution in [3.63, 3.8) is 0 Å². The standard InChI is InChI=1S/C13H9NO3.C3H2N4S/c15-13(10-6-2-1-3-7-10)11-8-4-5-9-12(11)14(16)17;1-4-2-3(5-1)8-7-6-2/h1-9H;1H,(H,4,5). The molecule has 0 spiro atoms. The van der Waals surface area contributed by atoms with Gasteiger partial charge in [0.1, 0.15) is 5.56 Å². The number of hydrogen-bond acceptors (Lipinski definition) is 7. The van der Waals surface area contributed by atoms with Crippen molar-refractivity contribution in [2.45, 2.75) is 0 Å². The number of para-hydroxylation sites is 1. The van der Waals surface area contributed by atoms with Gasteiger partial charge in [-0.25, -0.2) is 4.98 Å². The second kappa shape index (κ2) is 7.41. The monoisotopic (exact) mass is 353 g/mol. The fourth-order valence-corrected chi connectivity index (χ4v) is 2.57. The minimum atomic E-state index is -0.545. The van der Waals surface area contributed by atoms with Gasteiger partial charge in [-0.3, -0.25) is 14.9 Å². The molecule has 0 saturated carbocycles. The lowest BCUT2D eigenvalue weighted by atomic mass is 10.0. The quantitative estimate of drug-likeness (QED) is 0.343. The number of fused-ring (bicyclic) bond motifs is 1. The first-order valence-corrected chi connectivity index (χ1v) is 7.89. The molecule has 124 valence electrons. The molecule has 0 aliphatic carbocycles. The molecular formula is C16H11N5O3S.